The maximum absolute atomic E-state index is 5.78. The molecule has 0 fully saturated rings. The summed E-state index contributed by atoms with van der Waals surface area (Å²) in [6.07, 6.45) is 4.79. The Morgan fingerprint density at radius 3 is 3.00 bits per heavy atom. The molecule has 0 saturated heterocycles. The van der Waals surface area contributed by atoms with Crippen molar-refractivity contribution in [2.45, 2.75) is 6.42 Å². The van der Waals surface area contributed by atoms with Crippen molar-refractivity contribution in [3.63, 3.8) is 0 Å². The molecule has 0 aliphatic carbocycles. The zero-order valence-electron chi connectivity index (χ0n) is 9.02. The predicted octanol–water partition coefficient (Wildman–Crippen LogP) is 2.12. The molecular weight excluding hydrogens is 224 g/mol. The van der Waals surface area contributed by atoms with Crippen LogP contribution >= 0.6 is 11.6 Å². The number of nitrogens with one attached hydrogen (secondary N) is 1. The van der Waals surface area contributed by atoms with Crippen LogP contribution in [0, 0.1) is 0 Å². The Morgan fingerprint density at radius 1 is 1.44 bits per heavy atom. The van der Waals surface area contributed by atoms with E-state index in [2.05, 4.69) is 15.4 Å². The molecule has 0 atom stereocenters. The van der Waals surface area contributed by atoms with Crippen LogP contribution in [0.4, 0.5) is 5.82 Å². The molecule has 0 radical (unpaired) electrons. The number of nitrogens with zero attached hydrogens (tertiary/aromatic N) is 3. The fourth-order valence-electron chi connectivity index (χ4n) is 1.44. The normalized spacial score (nSPS) is 10.4. The molecular formula is C11H13ClN4. The quantitative estimate of drug-likeness (QED) is 0.827. The van der Waals surface area contributed by atoms with Crippen molar-refractivity contribution in [1.82, 2.24) is 14.8 Å². The molecule has 4 nitrogen and oxygen atoms in total. The van der Waals surface area contributed by atoms with Crippen LogP contribution in [0.5, 0.6) is 0 Å². The van der Waals surface area contributed by atoms with Gasteiger partial charge in [-0.05, 0) is 24.1 Å². The third-order valence-corrected chi connectivity index (χ3v) is 2.40. The summed E-state index contributed by atoms with van der Waals surface area (Å²) in [6.45, 7) is 0.818. The highest BCUT2D eigenvalue weighted by Gasteiger charge is 1.97. The van der Waals surface area contributed by atoms with Crippen molar-refractivity contribution < 1.29 is 0 Å². The first kappa shape index (κ1) is 11.0. The molecule has 0 aromatic carbocycles. The van der Waals surface area contributed by atoms with Crippen molar-refractivity contribution >= 4 is 17.4 Å². The van der Waals surface area contributed by atoms with Gasteiger partial charge in [0, 0.05) is 19.8 Å². The van der Waals surface area contributed by atoms with Gasteiger partial charge < -0.3 is 5.32 Å². The Bertz CT molecular complexity index is 467. The van der Waals surface area contributed by atoms with E-state index >= 15 is 0 Å². The lowest BCUT2D eigenvalue weighted by atomic mass is 10.2. The number of aromatic nitrogens is 3. The Labute approximate surface area is 99.3 Å². The molecule has 5 heteroatoms. The number of rotatable bonds is 4. The van der Waals surface area contributed by atoms with Gasteiger partial charge in [-0.1, -0.05) is 17.7 Å². The van der Waals surface area contributed by atoms with Crippen LogP contribution in [0.3, 0.4) is 0 Å². The van der Waals surface area contributed by atoms with Crippen molar-refractivity contribution in [2.75, 3.05) is 11.9 Å². The Kier molecular flexibility index (Phi) is 3.41. The van der Waals surface area contributed by atoms with E-state index < -0.39 is 0 Å². The lowest BCUT2D eigenvalue weighted by Gasteiger charge is -2.03. The first-order valence-corrected chi connectivity index (χ1v) is 5.46. The first-order chi connectivity index (χ1) is 7.74. The van der Waals surface area contributed by atoms with Crippen LogP contribution in [0.1, 0.15) is 5.56 Å². The highest BCUT2D eigenvalue weighted by Crippen LogP contribution is 2.09. The molecule has 0 amide bonds. The van der Waals surface area contributed by atoms with Crippen LogP contribution in [0.25, 0.3) is 0 Å². The molecule has 2 heterocycles. The average Bonchev–Trinajstić information content (AvgIpc) is 2.64. The number of aryl methyl sites for hydroxylation is 1. The number of hydrogen-bond donors (Lipinski definition) is 1. The molecule has 0 unspecified atom stereocenters. The summed E-state index contributed by atoms with van der Waals surface area (Å²) in [5, 5.41) is 7.83. The van der Waals surface area contributed by atoms with Gasteiger partial charge in [0.25, 0.3) is 0 Å². The minimum absolute atomic E-state index is 0.506. The summed E-state index contributed by atoms with van der Waals surface area (Å²) in [7, 11) is 1.91. The summed E-state index contributed by atoms with van der Waals surface area (Å²) in [6, 6.07) is 5.53. The average molecular weight is 237 g/mol. The van der Waals surface area contributed by atoms with E-state index in [1.54, 1.807) is 10.7 Å². The fraction of sp³-hybridized carbons (Fsp3) is 0.273. The van der Waals surface area contributed by atoms with Gasteiger partial charge in [-0.2, -0.15) is 5.10 Å². The second-order valence-corrected chi connectivity index (χ2v) is 3.93. The lowest BCUT2D eigenvalue weighted by Crippen LogP contribution is -2.05. The van der Waals surface area contributed by atoms with E-state index in [-0.39, 0.29) is 0 Å². The minimum Gasteiger partial charge on any atom is -0.370 e. The highest BCUT2D eigenvalue weighted by atomic mass is 35.5. The molecule has 16 heavy (non-hydrogen) atoms. The van der Waals surface area contributed by atoms with Crippen molar-refractivity contribution in [1.29, 1.82) is 0 Å². The molecule has 2 rings (SSSR count). The van der Waals surface area contributed by atoms with Crippen molar-refractivity contribution in [3.8, 4) is 0 Å². The lowest BCUT2D eigenvalue weighted by molar-refractivity contribution is 0.767. The summed E-state index contributed by atoms with van der Waals surface area (Å²) in [5.74, 6) is 0.802. The van der Waals surface area contributed by atoms with Gasteiger partial charge in [-0.15, -0.1) is 0 Å². The molecule has 2 aromatic rings. The van der Waals surface area contributed by atoms with Crippen LogP contribution in [0.15, 0.2) is 30.6 Å². The van der Waals surface area contributed by atoms with Gasteiger partial charge in [0.15, 0.2) is 0 Å². The molecule has 1 N–H and O–H groups in total. The summed E-state index contributed by atoms with van der Waals surface area (Å²) < 4.78 is 1.80. The Morgan fingerprint density at radius 2 is 2.31 bits per heavy atom. The van der Waals surface area contributed by atoms with E-state index in [0.717, 1.165) is 18.8 Å². The molecule has 2 aromatic heterocycles. The number of anilines is 1. The van der Waals surface area contributed by atoms with Crippen LogP contribution in [-0.2, 0) is 13.5 Å². The molecule has 84 valence electrons. The zero-order valence-corrected chi connectivity index (χ0v) is 9.78. The van der Waals surface area contributed by atoms with Crippen molar-refractivity contribution in [2.24, 2.45) is 7.05 Å². The maximum Gasteiger partial charge on any atom is 0.131 e. The number of halogens is 1. The molecule has 0 bridgehead atoms. The minimum atomic E-state index is 0.506. The van der Waals surface area contributed by atoms with Gasteiger partial charge >= 0.3 is 0 Å². The smallest absolute Gasteiger partial charge is 0.131 e. The summed E-state index contributed by atoms with van der Waals surface area (Å²) in [5.41, 5.74) is 1.21. The zero-order chi connectivity index (χ0) is 11.4. The highest BCUT2D eigenvalue weighted by molar-refractivity contribution is 6.29. The summed E-state index contributed by atoms with van der Waals surface area (Å²) in [4.78, 5) is 4.14. The third-order valence-electron chi connectivity index (χ3n) is 2.19. The van der Waals surface area contributed by atoms with E-state index in [1.165, 1.54) is 5.56 Å². The van der Waals surface area contributed by atoms with Gasteiger partial charge in [0.2, 0.25) is 0 Å². The van der Waals surface area contributed by atoms with E-state index in [4.69, 9.17) is 11.6 Å². The summed E-state index contributed by atoms with van der Waals surface area (Å²) >= 11 is 5.78. The van der Waals surface area contributed by atoms with E-state index in [1.807, 2.05) is 31.6 Å². The first-order valence-electron chi connectivity index (χ1n) is 5.08. The van der Waals surface area contributed by atoms with Gasteiger partial charge in [-0.3, -0.25) is 4.68 Å². The largest absolute Gasteiger partial charge is 0.370 e. The van der Waals surface area contributed by atoms with Gasteiger partial charge in [-0.25, -0.2) is 4.98 Å². The van der Waals surface area contributed by atoms with Crippen LogP contribution in [0.2, 0.25) is 5.15 Å². The number of hydrogen-bond acceptors (Lipinski definition) is 3. The topological polar surface area (TPSA) is 42.7 Å². The second-order valence-electron chi connectivity index (χ2n) is 3.54. The predicted molar refractivity (Wildman–Crippen MR) is 64.6 cm³/mol. The fourth-order valence-corrected chi connectivity index (χ4v) is 1.61. The molecule has 0 aliphatic heterocycles. The SMILES string of the molecule is Cn1cc(CCNc2cccc(Cl)n2)cn1. The molecule has 0 spiro atoms. The second kappa shape index (κ2) is 4.99. The molecule has 0 aliphatic rings. The van der Waals surface area contributed by atoms with E-state index in [0.29, 0.717) is 5.15 Å². The monoisotopic (exact) mass is 236 g/mol. The third kappa shape index (κ3) is 2.97. The van der Waals surface area contributed by atoms with Crippen LogP contribution < -0.4 is 5.32 Å². The van der Waals surface area contributed by atoms with Gasteiger partial charge in [0.05, 0.1) is 6.20 Å². The molecule has 0 saturated carbocycles. The Balaban J connectivity index is 1.84. The Hall–Kier alpha value is -1.55. The van der Waals surface area contributed by atoms with Crippen molar-refractivity contribution in [3.05, 3.63) is 41.3 Å². The van der Waals surface area contributed by atoms with Crippen LogP contribution in [-0.4, -0.2) is 21.3 Å². The standard InChI is InChI=1S/C11H13ClN4/c1-16-8-9(7-14-16)5-6-13-11-4-2-3-10(12)15-11/h2-4,7-8H,5-6H2,1H3,(H,13,15). The van der Waals surface area contributed by atoms with Gasteiger partial charge in [0.1, 0.15) is 11.0 Å². The van der Waals surface area contributed by atoms with E-state index in [9.17, 15) is 0 Å². The maximum atomic E-state index is 5.78. The number of pyridine rings is 1.